The highest BCUT2D eigenvalue weighted by Crippen LogP contribution is 2.25. The van der Waals surface area contributed by atoms with Gasteiger partial charge in [0.1, 0.15) is 5.82 Å². The Morgan fingerprint density at radius 3 is 3.00 bits per heavy atom. The number of aromatic amines is 1. The number of nitrogens with zero attached hydrogens (tertiary/aromatic N) is 4. The van der Waals surface area contributed by atoms with E-state index in [0.29, 0.717) is 30.5 Å². The third-order valence-electron chi connectivity index (χ3n) is 4.44. The Bertz CT molecular complexity index is 691. The van der Waals surface area contributed by atoms with Crippen LogP contribution in [0.4, 0.5) is 0 Å². The van der Waals surface area contributed by atoms with Crippen LogP contribution in [0.2, 0.25) is 0 Å². The Balaban J connectivity index is 1.54. The lowest BCUT2D eigenvalue weighted by Crippen LogP contribution is -2.39. The number of likely N-dealkylation sites (tertiary alicyclic amines) is 1. The standard InChI is InChI=1S/C17H25N5O2/c1-11(2)16-20-14(24-21-16)6-7-15(23)22-8-4-5-13(10-22)17-18-9-12(3)19-17/h9,11,13H,4-8,10H2,1-3H3,(H,18,19)/t13-/m1/s1. The molecule has 0 unspecified atom stereocenters. The molecule has 0 spiro atoms. The maximum Gasteiger partial charge on any atom is 0.227 e. The van der Waals surface area contributed by atoms with Crippen LogP contribution in [0, 0.1) is 6.92 Å². The van der Waals surface area contributed by atoms with Crippen molar-refractivity contribution < 1.29 is 9.32 Å². The summed E-state index contributed by atoms with van der Waals surface area (Å²) < 4.78 is 5.21. The molecule has 0 aliphatic carbocycles. The lowest BCUT2D eigenvalue weighted by Gasteiger charge is -2.31. The van der Waals surface area contributed by atoms with Gasteiger partial charge >= 0.3 is 0 Å². The second kappa shape index (κ2) is 7.15. The van der Waals surface area contributed by atoms with E-state index in [0.717, 1.165) is 37.4 Å². The molecule has 1 saturated heterocycles. The molecule has 3 rings (SSSR count). The third-order valence-corrected chi connectivity index (χ3v) is 4.44. The minimum atomic E-state index is 0.146. The van der Waals surface area contributed by atoms with Crippen LogP contribution >= 0.6 is 0 Å². The molecule has 0 saturated carbocycles. The van der Waals surface area contributed by atoms with Crippen molar-refractivity contribution in [2.75, 3.05) is 13.1 Å². The topological polar surface area (TPSA) is 87.9 Å². The Morgan fingerprint density at radius 1 is 1.50 bits per heavy atom. The van der Waals surface area contributed by atoms with Crippen LogP contribution in [0.3, 0.4) is 0 Å². The first-order valence-electron chi connectivity index (χ1n) is 8.64. The molecule has 3 heterocycles. The molecule has 2 aromatic heterocycles. The summed E-state index contributed by atoms with van der Waals surface area (Å²) in [5.74, 6) is 2.91. The Kier molecular flexibility index (Phi) is 4.97. The molecule has 7 heteroatoms. The van der Waals surface area contributed by atoms with Crippen molar-refractivity contribution in [3.63, 3.8) is 0 Å². The van der Waals surface area contributed by atoms with Crippen molar-refractivity contribution in [2.24, 2.45) is 0 Å². The van der Waals surface area contributed by atoms with Gasteiger partial charge in [-0.2, -0.15) is 4.98 Å². The fourth-order valence-corrected chi connectivity index (χ4v) is 3.04. The number of imidazole rings is 1. The monoisotopic (exact) mass is 331 g/mol. The summed E-state index contributed by atoms with van der Waals surface area (Å²) in [7, 11) is 0. The molecule has 1 amide bonds. The molecule has 0 aromatic carbocycles. The quantitative estimate of drug-likeness (QED) is 0.909. The van der Waals surface area contributed by atoms with Gasteiger partial charge in [0.05, 0.1) is 0 Å². The summed E-state index contributed by atoms with van der Waals surface area (Å²) in [5, 5.41) is 3.94. The molecule has 1 aliphatic rings. The van der Waals surface area contributed by atoms with Gasteiger partial charge in [0, 0.05) is 49.7 Å². The van der Waals surface area contributed by atoms with Crippen LogP contribution in [-0.2, 0) is 11.2 Å². The molecular weight excluding hydrogens is 306 g/mol. The van der Waals surface area contributed by atoms with Crippen LogP contribution in [-0.4, -0.2) is 44.0 Å². The number of piperidine rings is 1. The van der Waals surface area contributed by atoms with Gasteiger partial charge in [-0.05, 0) is 19.8 Å². The molecule has 1 atom stereocenters. The van der Waals surface area contributed by atoms with E-state index in [1.54, 1.807) is 0 Å². The zero-order chi connectivity index (χ0) is 17.1. The Morgan fingerprint density at radius 2 is 2.33 bits per heavy atom. The van der Waals surface area contributed by atoms with E-state index in [1.165, 1.54) is 0 Å². The average molecular weight is 331 g/mol. The van der Waals surface area contributed by atoms with Crippen LogP contribution in [0.15, 0.2) is 10.7 Å². The Labute approximate surface area is 141 Å². The summed E-state index contributed by atoms with van der Waals surface area (Å²) in [6.07, 6.45) is 4.83. The zero-order valence-electron chi connectivity index (χ0n) is 14.6. The van der Waals surface area contributed by atoms with E-state index in [-0.39, 0.29) is 11.8 Å². The number of hydrogen-bond acceptors (Lipinski definition) is 5. The first-order valence-corrected chi connectivity index (χ1v) is 8.64. The second-order valence-corrected chi connectivity index (χ2v) is 6.83. The predicted molar refractivity (Wildman–Crippen MR) is 88.6 cm³/mol. The highest BCUT2D eigenvalue weighted by Gasteiger charge is 2.26. The van der Waals surface area contributed by atoms with Gasteiger partial charge in [-0.15, -0.1) is 0 Å². The molecule has 0 radical (unpaired) electrons. The molecule has 7 nitrogen and oxygen atoms in total. The smallest absolute Gasteiger partial charge is 0.227 e. The minimum Gasteiger partial charge on any atom is -0.346 e. The molecule has 130 valence electrons. The number of carbonyl (C=O) groups excluding carboxylic acids is 1. The van der Waals surface area contributed by atoms with Crippen molar-refractivity contribution >= 4 is 5.91 Å². The molecule has 1 fully saturated rings. The van der Waals surface area contributed by atoms with Crippen LogP contribution in [0.1, 0.15) is 68.2 Å². The zero-order valence-corrected chi connectivity index (χ0v) is 14.6. The number of aryl methyl sites for hydroxylation is 2. The van der Waals surface area contributed by atoms with Crippen LogP contribution in [0.5, 0.6) is 0 Å². The van der Waals surface area contributed by atoms with Crippen molar-refractivity contribution in [3.8, 4) is 0 Å². The van der Waals surface area contributed by atoms with Gasteiger partial charge in [-0.1, -0.05) is 19.0 Å². The molecule has 2 aromatic rings. The van der Waals surface area contributed by atoms with Gasteiger partial charge in [0.15, 0.2) is 5.82 Å². The number of hydrogen-bond donors (Lipinski definition) is 1. The number of rotatable bonds is 5. The van der Waals surface area contributed by atoms with Crippen molar-refractivity contribution in [1.29, 1.82) is 0 Å². The molecule has 24 heavy (non-hydrogen) atoms. The van der Waals surface area contributed by atoms with Crippen LogP contribution in [0.25, 0.3) is 0 Å². The van der Waals surface area contributed by atoms with E-state index in [1.807, 2.05) is 31.9 Å². The van der Waals surface area contributed by atoms with Gasteiger partial charge < -0.3 is 14.4 Å². The molecule has 1 N–H and O–H groups in total. The number of nitrogens with one attached hydrogen (secondary N) is 1. The number of aromatic nitrogens is 4. The van der Waals surface area contributed by atoms with E-state index in [4.69, 9.17) is 4.52 Å². The SMILES string of the molecule is Cc1cnc([C@@H]2CCCN(C(=O)CCc3nc(C(C)C)no3)C2)[nH]1. The highest BCUT2D eigenvalue weighted by molar-refractivity contribution is 5.76. The third kappa shape index (κ3) is 3.83. The van der Waals surface area contributed by atoms with E-state index >= 15 is 0 Å². The number of amides is 1. The second-order valence-electron chi connectivity index (χ2n) is 6.83. The summed E-state index contributed by atoms with van der Waals surface area (Å²) in [5.41, 5.74) is 1.06. The van der Waals surface area contributed by atoms with E-state index in [2.05, 4.69) is 20.1 Å². The molecule has 0 bridgehead atoms. The summed E-state index contributed by atoms with van der Waals surface area (Å²) in [6, 6.07) is 0. The summed E-state index contributed by atoms with van der Waals surface area (Å²) >= 11 is 0. The van der Waals surface area contributed by atoms with Crippen LogP contribution < -0.4 is 0 Å². The predicted octanol–water partition coefficient (Wildman–Crippen LogP) is 2.56. The number of carbonyl (C=O) groups is 1. The van der Waals surface area contributed by atoms with Crippen molar-refractivity contribution in [3.05, 3.63) is 29.4 Å². The number of H-pyrrole nitrogens is 1. The largest absolute Gasteiger partial charge is 0.346 e. The Hall–Kier alpha value is -2.18. The van der Waals surface area contributed by atoms with Gasteiger partial charge in [-0.3, -0.25) is 4.79 Å². The van der Waals surface area contributed by atoms with Crippen molar-refractivity contribution in [1.82, 2.24) is 25.0 Å². The average Bonchev–Trinajstić information content (AvgIpc) is 3.22. The minimum absolute atomic E-state index is 0.146. The normalized spacial score (nSPS) is 18.3. The molecular formula is C17H25N5O2. The highest BCUT2D eigenvalue weighted by atomic mass is 16.5. The lowest BCUT2D eigenvalue weighted by molar-refractivity contribution is -0.132. The fraction of sp³-hybridized carbons (Fsp3) is 0.647. The van der Waals surface area contributed by atoms with Gasteiger partial charge in [0.2, 0.25) is 11.8 Å². The van der Waals surface area contributed by atoms with E-state index in [9.17, 15) is 4.79 Å². The maximum atomic E-state index is 12.5. The summed E-state index contributed by atoms with van der Waals surface area (Å²) in [6.45, 7) is 7.58. The maximum absolute atomic E-state index is 12.5. The first-order chi connectivity index (χ1) is 11.5. The van der Waals surface area contributed by atoms with Gasteiger partial charge in [0.25, 0.3) is 0 Å². The van der Waals surface area contributed by atoms with Crippen molar-refractivity contribution in [2.45, 2.75) is 58.3 Å². The summed E-state index contributed by atoms with van der Waals surface area (Å²) in [4.78, 5) is 26.5. The fourth-order valence-electron chi connectivity index (χ4n) is 3.04. The molecule has 1 aliphatic heterocycles. The van der Waals surface area contributed by atoms with E-state index < -0.39 is 0 Å². The first kappa shape index (κ1) is 16.7. The lowest BCUT2D eigenvalue weighted by atomic mass is 9.97. The van der Waals surface area contributed by atoms with Gasteiger partial charge in [-0.25, -0.2) is 4.98 Å².